The number of rotatable bonds is 4. The van der Waals surface area contributed by atoms with E-state index in [2.05, 4.69) is 21.2 Å². The molecule has 0 aliphatic heterocycles. The van der Waals surface area contributed by atoms with Crippen molar-refractivity contribution in [3.8, 4) is 0 Å². The third kappa shape index (κ3) is 3.77. The number of benzene rings is 1. The largest absolute Gasteiger partial charge is 0.323 e. The maximum Gasteiger partial charge on any atom is 0.241 e. The average Bonchev–Trinajstić information content (AvgIpc) is 2.22. The minimum atomic E-state index is -0.482. The second-order valence-corrected chi connectivity index (χ2v) is 4.83. The molecule has 5 heteroatoms. The highest BCUT2D eigenvalue weighted by molar-refractivity contribution is 9.10. The fraction of sp³-hybridized carbons (Fsp3) is 0.364. The first-order valence-corrected chi connectivity index (χ1v) is 6.23. The van der Waals surface area contributed by atoms with Crippen molar-refractivity contribution in [2.45, 2.75) is 25.8 Å². The Balaban J connectivity index is 2.69. The first-order valence-electron chi connectivity index (χ1n) is 5.06. The summed E-state index contributed by atoms with van der Waals surface area (Å²) in [5.74, 6) is -0.203. The Bertz CT molecular complexity index is 384. The molecule has 0 radical (unpaired) electrons. The Kier molecular flexibility index (Phi) is 5.25. The number of amides is 1. The van der Waals surface area contributed by atoms with Gasteiger partial charge in [-0.25, -0.2) is 0 Å². The predicted octanol–water partition coefficient (Wildman–Crippen LogP) is 3.17. The Morgan fingerprint density at radius 1 is 1.62 bits per heavy atom. The molecule has 0 aromatic heterocycles. The molecule has 1 atom stereocenters. The van der Waals surface area contributed by atoms with Crippen LogP contribution in [0.1, 0.15) is 19.8 Å². The van der Waals surface area contributed by atoms with Crippen LogP contribution in [-0.4, -0.2) is 11.9 Å². The molecule has 1 aromatic rings. The maximum absolute atomic E-state index is 11.6. The molecular formula is C11H14BrClN2O. The van der Waals surface area contributed by atoms with Crippen molar-refractivity contribution in [1.82, 2.24) is 0 Å². The van der Waals surface area contributed by atoms with Crippen LogP contribution < -0.4 is 11.1 Å². The molecule has 0 fully saturated rings. The second-order valence-electron chi connectivity index (χ2n) is 3.51. The Labute approximate surface area is 108 Å². The number of carbonyl (C=O) groups excluding carboxylic acids is 1. The molecule has 88 valence electrons. The minimum absolute atomic E-state index is 0.203. The van der Waals surface area contributed by atoms with Crippen molar-refractivity contribution >= 4 is 39.1 Å². The SMILES string of the molecule is CCCC(N)C(=O)Nc1ccc(Br)cc1Cl. The van der Waals surface area contributed by atoms with E-state index in [-0.39, 0.29) is 5.91 Å². The van der Waals surface area contributed by atoms with Gasteiger partial charge in [-0.2, -0.15) is 0 Å². The summed E-state index contributed by atoms with van der Waals surface area (Å²) in [5.41, 5.74) is 6.28. The lowest BCUT2D eigenvalue weighted by atomic mass is 10.1. The van der Waals surface area contributed by atoms with Crippen LogP contribution in [0.4, 0.5) is 5.69 Å². The van der Waals surface area contributed by atoms with Gasteiger partial charge in [-0.15, -0.1) is 0 Å². The number of hydrogen-bond acceptors (Lipinski definition) is 2. The molecule has 0 aliphatic rings. The quantitative estimate of drug-likeness (QED) is 0.897. The standard InChI is InChI=1S/C11H14BrClN2O/c1-2-3-9(14)11(16)15-10-5-4-7(12)6-8(10)13/h4-6,9H,2-3,14H2,1H3,(H,15,16). The molecule has 1 aromatic carbocycles. The fourth-order valence-corrected chi connectivity index (χ4v) is 1.98. The van der Waals surface area contributed by atoms with Gasteiger partial charge in [-0.1, -0.05) is 40.9 Å². The number of anilines is 1. The van der Waals surface area contributed by atoms with Crippen molar-refractivity contribution in [1.29, 1.82) is 0 Å². The first-order chi connectivity index (χ1) is 7.54. The third-order valence-corrected chi connectivity index (χ3v) is 2.93. The zero-order valence-corrected chi connectivity index (χ0v) is 11.3. The van der Waals surface area contributed by atoms with Crippen molar-refractivity contribution in [3.05, 3.63) is 27.7 Å². The van der Waals surface area contributed by atoms with E-state index in [1.165, 1.54) is 0 Å². The number of halogens is 2. The third-order valence-electron chi connectivity index (χ3n) is 2.13. The highest BCUT2D eigenvalue weighted by Crippen LogP contribution is 2.25. The van der Waals surface area contributed by atoms with Crippen LogP contribution in [0.3, 0.4) is 0 Å². The zero-order chi connectivity index (χ0) is 12.1. The van der Waals surface area contributed by atoms with E-state index in [0.29, 0.717) is 17.1 Å². The molecular weight excluding hydrogens is 291 g/mol. The maximum atomic E-state index is 11.6. The summed E-state index contributed by atoms with van der Waals surface area (Å²) in [6, 6.07) is 4.79. The Hall–Kier alpha value is -0.580. The molecule has 0 saturated heterocycles. The summed E-state index contributed by atoms with van der Waals surface area (Å²) < 4.78 is 0.869. The highest BCUT2D eigenvalue weighted by Gasteiger charge is 2.13. The van der Waals surface area contributed by atoms with Crippen LogP contribution >= 0.6 is 27.5 Å². The van der Waals surface area contributed by atoms with Gasteiger partial charge in [0.15, 0.2) is 0 Å². The van der Waals surface area contributed by atoms with Crippen molar-refractivity contribution in [2.24, 2.45) is 5.73 Å². The van der Waals surface area contributed by atoms with Crippen LogP contribution in [0.5, 0.6) is 0 Å². The zero-order valence-electron chi connectivity index (χ0n) is 8.97. The topological polar surface area (TPSA) is 55.1 Å². The van der Waals surface area contributed by atoms with Gasteiger partial charge in [0.2, 0.25) is 5.91 Å². The minimum Gasteiger partial charge on any atom is -0.323 e. The highest BCUT2D eigenvalue weighted by atomic mass is 79.9. The molecule has 1 unspecified atom stereocenters. The number of nitrogens with one attached hydrogen (secondary N) is 1. The molecule has 1 amide bonds. The Morgan fingerprint density at radius 3 is 2.88 bits per heavy atom. The van der Waals surface area contributed by atoms with Gasteiger partial charge < -0.3 is 11.1 Å². The van der Waals surface area contributed by atoms with Crippen LogP contribution in [0.15, 0.2) is 22.7 Å². The molecule has 0 heterocycles. The van der Waals surface area contributed by atoms with E-state index < -0.39 is 6.04 Å². The molecule has 3 nitrogen and oxygen atoms in total. The monoisotopic (exact) mass is 304 g/mol. The van der Waals surface area contributed by atoms with E-state index >= 15 is 0 Å². The second kappa shape index (κ2) is 6.23. The normalized spacial score (nSPS) is 12.2. The van der Waals surface area contributed by atoms with Gasteiger partial charge >= 0.3 is 0 Å². The molecule has 0 spiro atoms. The summed E-state index contributed by atoms with van der Waals surface area (Å²) in [4.78, 5) is 11.6. The molecule has 16 heavy (non-hydrogen) atoms. The van der Waals surface area contributed by atoms with Gasteiger partial charge in [0.25, 0.3) is 0 Å². The van der Waals surface area contributed by atoms with E-state index in [4.69, 9.17) is 17.3 Å². The van der Waals surface area contributed by atoms with Gasteiger partial charge in [-0.3, -0.25) is 4.79 Å². The molecule has 0 saturated carbocycles. The average molecular weight is 306 g/mol. The van der Waals surface area contributed by atoms with E-state index in [0.717, 1.165) is 10.9 Å². The lowest BCUT2D eigenvalue weighted by Gasteiger charge is -2.12. The number of hydrogen-bond donors (Lipinski definition) is 2. The lowest BCUT2D eigenvalue weighted by molar-refractivity contribution is -0.117. The molecule has 3 N–H and O–H groups in total. The summed E-state index contributed by atoms with van der Waals surface area (Å²) in [7, 11) is 0. The lowest BCUT2D eigenvalue weighted by Crippen LogP contribution is -2.35. The van der Waals surface area contributed by atoms with Crippen LogP contribution in [0.2, 0.25) is 5.02 Å². The molecule has 1 rings (SSSR count). The summed E-state index contributed by atoms with van der Waals surface area (Å²) in [6.45, 7) is 1.99. The van der Waals surface area contributed by atoms with Crippen LogP contribution in [0.25, 0.3) is 0 Å². The van der Waals surface area contributed by atoms with Gasteiger partial charge in [-0.05, 0) is 24.6 Å². The van der Waals surface area contributed by atoms with Gasteiger partial charge in [0.05, 0.1) is 16.8 Å². The van der Waals surface area contributed by atoms with E-state index in [9.17, 15) is 4.79 Å². The predicted molar refractivity (Wildman–Crippen MR) is 70.7 cm³/mol. The number of carbonyl (C=O) groups is 1. The summed E-state index contributed by atoms with van der Waals surface area (Å²) >= 11 is 9.26. The van der Waals surface area contributed by atoms with E-state index in [1.807, 2.05) is 13.0 Å². The van der Waals surface area contributed by atoms with Gasteiger partial charge in [0.1, 0.15) is 0 Å². The fourth-order valence-electron chi connectivity index (χ4n) is 1.26. The van der Waals surface area contributed by atoms with E-state index in [1.54, 1.807) is 12.1 Å². The van der Waals surface area contributed by atoms with Crippen molar-refractivity contribution < 1.29 is 4.79 Å². The molecule has 0 bridgehead atoms. The van der Waals surface area contributed by atoms with Crippen LogP contribution in [0, 0.1) is 0 Å². The summed E-state index contributed by atoms with van der Waals surface area (Å²) in [5, 5.41) is 3.20. The van der Waals surface area contributed by atoms with Crippen molar-refractivity contribution in [3.63, 3.8) is 0 Å². The Morgan fingerprint density at radius 2 is 2.31 bits per heavy atom. The smallest absolute Gasteiger partial charge is 0.241 e. The van der Waals surface area contributed by atoms with Crippen molar-refractivity contribution in [2.75, 3.05) is 5.32 Å². The number of nitrogens with two attached hydrogens (primary N) is 1. The van der Waals surface area contributed by atoms with Crippen LogP contribution in [-0.2, 0) is 4.79 Å². The first kappa shape index (κ1) is 13.5. The summed E-state index contributed by atoms with van der Waals surface area (Å²) in [6.07, 6.45) is 1.54. The molecule has 0 aliphatic carbocycles. The van der Waals surface area contributed by atoms with Gasteiger partial charge in [0, 0.05) is 4.47 Å².